The lowest BCUT2D eigenvalue weighted by molar-refractivity contribution is -0.136. The van der Waals surface area contributed by atoms with E-state index in [1.54, 1.807) is 14.1 Å². The van der Waals surface area contributed by atoms with Gasteiger partial charge in [-0.05, 0) is 0 Å². The summed E-state index contributed by atoms with van der Waals surface area (Å²) in [5, 5.41) is 8.38. The van der Waals surface area contributed by atoms with Crippen LogP contribution in [0, 0.1) is 0 Å². The number of carboxylic acid groups (broad SMARTS) is 1. The zero-order valence-electron chi connectivity index (χ0n) is 9.60. The molecule has 0 aromatic carbocycles. The van der Waals surface area contributed by atoms with Crippen molar-refractivity contribution in [1.29, 1.82) is 0 Å². The van der Waals surface area contributed by atoms with Gasteiger partial charge < -0.3 is 14.9 Å². The number of nitrogens with zero attached hydrogens (tertiary/aromatic N) is 2. The molecule has 0 aromatic heterocycles. The average molecular weight is 248 g/mol. The quantitative estimate of drug-likeness (QED) is 0.676. The van der Waals surface area contributed by atoms with Crippen molar-refractivity contribution >= 4 is 29.5 Å². The summed E-state index contributed by atoms with van der Waals surface area (Å²) in [6, 6.07) is 0. The Morgan fingerprint density at radius 2 is 1.62 bits per heavy atom. The first kappa shape index (κ1) is 14.8. The van der Waals surface area contributed by atoms with Gasteiger partial charge in [-0.3, -0.25) is 14.4 Å². The Bertz CT molecular complexity index is 281. The van der Waals surface area contributed by atoms with E-state index in [2.05, 4.69) is 0 Å². The molecule has 0 aromatic rings. The van der Waals surface area contributed by atoms with E-state index >= 15 is 0 Å². The van der Waals surface area contributed by atoms with Crippen LogP contribution < -0.4 is 0 Å². The molecule has 16 heavy (non-hydrogen) atoms. The normalized spacial score (nSPS) is 9.69. The van der Waals surface area contributed by atoms with Crippen LogP contribution in [0.25, 0.3) is 0 Å². The number of thioether (sulfide) groups is 1. The van der Waals surface area contributed by atoms with Crippen LogP contribution in [-0.4, -0.2) is 71.9 Å². The van der Waals surface area contributed by atoms with Crippen LogP contribution in [0.5, 0.6) is 0 Å². The molecule has 0 aliphatic heterocycles. The molecule has 0 saturated heterocycles. The highest BCUT2D eigenvalue weighted by molar-refractivity contribution is 8.00. The largest absolute Gasteiger partial charge is 0.481 e. The van der Waals surface area contributed by atoms with Crippen LogP contribution in [0.3, 0.4) is 0 Å². The highest BCUT2D eigenvalue weighted by atomic mass is 32.2. The fourth-order valence-electron chi connectivity index (χ4n) is 0.768. The molecule has 0 rings (SSSR count). The first-order valence-electron chi connectivity index (χ1n) is 4.58. The summed E-state index contributed by atoms with van der Waals surface area (Å²) in [6.07, 6.45) is 0. The minimum absolute atomic E-state index is 0.0134. The van der Waals surface area contributed by atoms with Crippen molar-refractivity contribution in [2.75, 3.05) is 39.2 Å². The van der Waals surface area contributed by atoms with Crippen molar-refractivity contribution in [1.82, 2.24) is 9.80 Å². The Morgan fingerprint density at radius 1 is 1.06 bits per heavy atom. The van der Waals surface area contributed by atoms with Crippen molar-refractivity contribution in [2.24, 2.45) is 0 Å². The molecule has 0 fully saturated rings. The van der Waals surface area contributed by atoms with Crippen molar-refractivity contribution in [3.63, 3.8) is 0 Å². The van der Waals surface area contributed by atoms with E-state index in [-0.39, 0.29) is 29.9 Å². The Hall–Kier alpha value is -1.24. The molecule has 0 aliphatic rings. The van der Waals surface area contributed by atoms with Gasteiger partial charge >= 0.3 is 5.97 Å². The number of amides is 2. The highest BCUT2D eigenvalue weighted by Gasteiger charge is 2.14. The van der Waals surface area contributed by atoms with Gasteiger partial charge in [-0.2, -0.15) is 0 Å². The third-order valence-electron chi connectivity index (χ3n) is 1.75. The van der Waals surface area contributed by atoms with E-state index in [0.29, 0.717) is 0 Å². The summed E-state index contributed by atoms with van der Waals surface area (Å²) in [5.41, 5.74) is 0. The van der Waals surface area contributed by atoms with Crippen molar-refractivity contribution in [3.8, 4) is 0 Å². The topological polar surface area (TPSA) is 77.9 Å². The zero-order chi connectivity index (χ0) is 12.7. The number of rotatable bonds is 6. The molecule has 0 atom stereocenters. The van der Waals surface area contributed by atoms with Crippen LogP contribution >= 0.6 is 11.8 Å². The predicted octanol–water partition coefficient (Wildman–Crippen LogP) is -0.649. The lowest BCUT2D eigenvalue weighted by Gasteiger charge is -2.18. The van der Waals surface area contributed by atoms with Crippen LogP contribution in [0.4, 0.5) is 0 Å². The smallest absolute Gasteiger partial charge is 0.313 e. The maximum Gasteiger partial charge on any atom is 0.313 e. The maximum atomic E-state index is 11.4. The van der Waals surface area contributed by atoms with Gasteiger partial charge in [0, 0.05) is 21.1 Å². The molecule has 0 unspecified atom stereocenters. The summed E-state index contributed by atoms with van der Waals surface area (Å²) in [6.45, 7) is 0.0134. The molecule has 92 valence electrons. The fourth-order valence-corrected chi connectivity index (χ4v) is 1.44. The van der Waals surface area contributed by atoms with Crippen LogP contribution in [0.15, 0.2) is 0 Å². The highest BCUT2D eigenvalue weighted by Crippen LogP contribution is 2.01. The Morgan fingerprint density at radius 3 is 2.06 bits per heavy atom. The molecule has 0 aliphatic carbocycles. The molecule has 6 nitrogen and oxygen atoms in total. The minimum Gasteiger partial charge on any atom is -0.481 e. The third-order valence-corrected chi connectivity index (χ3v) is 2.65. The summed E-state index contributed by atoms with van der Waals surface area (Å²) < 4.78 is 0. The molecule has 2 amide bonds. The standard InChI is InChI=1S/C9H16N2O4S/c1-10(2)7(12)4-11(3)8(13)5-16-6-9(14)15/h4-6H2,1-3H3,(H,14,15). The third kappa shape index (κ3) is 6.28. The van der Waals surface area contributed by atoms with Gasteiger partial charge in [-0.25, -0.2) is 0 Å². The van der Waals surface area contributed by atoms with E-state index < -0.39 is 5.97 Å². The van der Waals surface area contributed by atoms with Crippen LogP contribution in [0.1, 0.15) is 0 Å². The lowest BCUT2D eigenvalue weighted by Crippen LogP contribution is -2.38. The van der Waals surface area contributed by atoms with Crippen molar-refractivity contribution in [2.45, 2.75) is 0 Å². The maximum absolute atomic E-state index is 11.4. The van der Waals surface area contributed by atoms with Gasteiger partial charge in [-0.15, -0.1) is 11.8 Å². The van der Waals surface area contributed by atoms with Crippen LogP contribution in [-0.2, 0) is 14.4 Å². The SMILES string of the molecule is CN(C)C(=O)CN(C)C(=O)CSCC(=O)O. The van der Waals surface area contributed by atoms with Crippen molar-refractivity contribution < 1.29 is 19.5 Å². The van der Waals surface area contributed by atoms with E-state index in [9.17, 15) is 14.4 Å². The van der Waals surface area contributed by atoms with Gasteiger partial charge in [0.05, 0.1) is 18.1 Å². The first-order chi connectivity index (χ1) is 7.34. The average Bonchev–Trinajstić information content (AvgIpc) is 2.16. The molecular weight excluding hydrogens is 232 g/mol. The minimum atomic E-state index is -0.954. The molecule has 0 heterocycles. The zero-order valence-corrected chi connectivity index (χ0v) is 10.4. The molecule has 0 saturated carbocycles. The second-order valence-corrected chi connectivity index (χ2v) is 4.41. The number of hydrogen-bond acceptors (Lipinski definition) is 4. The first-order valence-corrected chi connectivity index (χ1v) is 5.73. The monoisotopic (exact) mass is 248 g/mol. The summed E-state index contributed by atoms with van der Waals surface area (Å²) in [7, 11) is 4.74. The number of aliphatic carboxylic acids is 1. The molecule has 0 radical (unpaired) electrons. The van der Waals surface area contributed by atoms with E-state index in [0.717, 1.165) is 11.8 Å². The Kier molecular flexibility index (Phi) is 6.55. The van der Waals surface area contributed by atoms with Gasteiger partial charge in [0.25, 0.3) is 0 Å². The molecular formula is C9H16N2O4S. The van der Waals surface area contributed by atoms with E-state index in [4.69, 9.17) is 5.11 Å². The van der Waals surface area contributed by atoms with Gasteiger partial charge in [0.1, 0.15) is 0 Å². The second-order valence-electron chi connectivity index (χ2n) is 3.42. The van der Waals surface area contributed by atoms with Crippen molar-refractivity contribution in [3.05, 3.63) is 0 Å². The predicted molar refractivity (Wildman–Crippen MR) is 61.3 cm³/mol. The fraction of sp³-hybridized carbons (Fsp3) is 0.667. The molecule has 0 spiro atoms. The summed E-state index contributed by atoms with van der Waals surface area (Å²) in [5.74, 6) is -1.41. The molecule has 1 N–H and O–H groups in total. The summed E-state index contributed by atoms with van der Waals surface area (Å²) in [4.78, 5) is 35.6. The van der Waals surface area contributed by atoms with Gasteiger partial charge in [0.2, 0.25) is 11.8 Å². The Labute approximate surface area is 98.6 Å². The van der Waals surface area contributed by atoms with E-state index in [1.165, 1.54) is 16.8 Å². The molecule has 0 bridgehead atoms. The number of hydrogen-bond donors (Lipinski definition) is 1. The number of carbonyl (C=O) groups is 3. The number of likely N-dealkylation sites (N-methyl/N-ethyl adjacent to an activating group) is 2. The number of carbonyl (C=O) groups excluding carboxylic acids is 2. The Balaban J connectivity index is 3.90. The van der Waals surface area contributed by atoms with Gasteiger partial charge in [-0.1, -0.05) is 0 Å². The second kappa shape index (κ2) is 7.10. The van der Waals surface area contributed by atoms with Gasteiger partial charge in [0.15, 0.2) is 0 Å². The van der Waals surface area contributed by atoms with E-state index in [1.807, 2.05) is 0 Å². The summed E-state index contributed by atoms with van der Waals surface area (Å²) >= 11 is 1.02. The number of carboxylic acids is 1. The molecule has 7 heteroatoms. The lowest BCUT2D eigenvalue weighted by atomic mass is 10.4. The van der Waals surface area contributed by atoms with Crippen LogP contribution in [0.2, 0.25) is 0 Å².